The molecule has 1 aromatic carbocycles. The summed E-state index contributed by atoms with van der Waals surface area (Å²) in [6.07, 6.45) is 0.347. The molecule has 2 amide bonds. The number of piperazine rings is 1. The number of hydrogen-bond acceptors (Lipinski definition) is 8. The van der Waals surface area contributed by atoms with Gasteiger partial charge in [0.05, 0.1) is 35.6 Å². The normalized spacial score (nSPS) is 23.2. The standard InChI is InChI=1S/C20H26N4O7S/c25-19(15-1-2-17(18(13-15)24(27)28)21-8-10-31-11-9-21)22-4-6-23(7-5-22)20(26)16-3-12-32(29,30)14-16/h1-2,13,16H,3-12,14H2. The molecule has 3 fully saturated rings. The summed E-state index contributed by atoms with van der Waals surface area (Å²) in [7, 11) is -3.14. The van der Waals surface area contributed by atoms with Crippen molar-refractivity contribution in [3.05, 3.63) is 33.9 Å². The number of rotatable bonds is 4. The third-order valence-electron chi connectivity index (χ3n) is 6.23. The van der Waals surface area contributed by atoms with E-state index < -0.39 is 20.7 Å². The Labute approximate surface area is 186 Å². The summed E-state index contributed by atoms with van der Waals surface area (Å²) < 4.78 is 28.6. The van der Waals surface area contributed by atoms with Gasteiger partial charge in [0.1, 0.15) is 5.69 Å². The van der Waals surface area contributed by atoms with Gasteiger partial charge in [0.2, 0.25) is 5.91 Å². The molecule has 3 aliphatic rings. The number of ether oxygens (including phenoxy) is 1. The molecule has 174 valence electrons. The van der Waals surface area contributed by atoms with Crippen LogP contribution in [0.25, 0.3) is 0 Å². The second kappa shape index (κ2) is 9.02. The molecule has 12 heteroatoms. The van der Waals surface area contributed by atoms with Crippen LogP contribution < -0.4 is 4.90 Å². The van der Waals surface area contributed by atoms with Gasteiger partial charge in [-0.05, 0) is 18.6 Å². The number of carbonyl (C=O) groups is 2. The molecule has 1 atom stereocenters. The van der Waals surface area contributed by atoms with E-state index in [0.717, 1.165) is 0 Å². The van der Waals surface area contributed by atoms with Crippen LogP contribution in [-0.4, -0.2) is 98.9 Å². The maximum atomic E-state index is 13.0. The molecular formula is C20H26N4O7S. The molecule has 32 heavy (non-hydrogen) atoms. The van der Waals surface area contributed by atoms with Crippen molar-refractivity contribution in [2.75, 3.05) is 68.9 Å². The summed E-state index contributed by atoms with van der Waals surface area (Å²) >= 11 is 0. The lowest BCUT2D eigenvalue weighted by atomic mass is 10.1. The zero-order chi connectivity index (χ0) is 22.9. The Bertz CT molecular complexity index is 1010. The first-order valence-corrected chi connectivity index (χ1v) is 12.5. The predicted octanol–water partition coefficient (Wildman–Crippen LogP) is 0.151. The molecule has 3 saturated heterocycles. The fourth-order valence-electron chi connectivity index (χ4n) is 4.43. The number of amides is 2. The Hall–Kier alpha value is -2.73. The number of nitro groups is 1. The summed E-state index contributed by atoms with van der Waals surface area (Å²) in [5, 5.41) is 11.6. The number of anilines is 1. The minimum Gasteiger partial charge on any atom is -0.378 e. The number of benzene rings is 1. The zero-order valence-corrected chi connectivity index (χ0v) is 18.5. The van der Waals surface area contributed by atoms with E-state index in [1.54, 1.807) is 21.9 Å². The molecule has 0 radical (unpaired) electrons. The van der Waals surface area contributed by atoms with Gasteiger partial charge in [0, 0.05) is 50.9 Å². The number of morpholine rings is 1. The highest BCUT2D eigenvalue weighted by atomic mass is 32.2. The van der Waals surface area contributed by atoms with E-state index in [0.29, 0.717) is 64.6 Å². The molecule has 0 saturated carbocycles. The third kappa shape index (κ3) is 4.70. The van der Waals surface area contributed by atoms with Crippen LogP contribution in [0.15, 0.2) is 18.2 Å². The van der Waals surface area contributed by atoms with Crippen LogP contribution in [0.2, 0.25) is 0 Å². The van der Waals surface area contributed by atoms with Gasteiger partial charge >= 0.3 is 0 Å². The van der Waals surface area contributed by atoms with E-state index in [-0.39, 0.29) is 34.6 Å². The summed E-state index contributed by atoms with van der Waals surface area (Å²) in [5.74, 6) is -1.07. The van der Waals surface area contributed by atoms with Gasteiger partial charge in [0.25, 0.3) is 11.6 Å². The average molecular weight is 467 g/mol. The van der Waals surface area contributed by atoms with Crippen molar-refractivity contribution in [1.82, 2.24) is 9.80 Å². The topological polar surface area (TPSA) is 130 Å². The van der Waals surface area contributed by atoms with E-state index in [9.17, 15) is 28.1 Å². The second-order valence-electron chi connectivity index (χ2n) is 8.28. The minimum atomic E-state index is -3.14. The fraction of sp³-hybridized carbons (Fsp3) is 0.600. The molecule has 3 aliphatic heterocycles. The Kier molecular flexibility index (Phi) is 6.33. The molecule has 1 unspecified atom stereocenters. The lowest BCUT2D eigenvalue weighted by Crippen LogP contribution is -2.52. The molecule has 11 nitrogen and oxygen atoms in total. The first-order valence-electron chi connectivity index (χ1n) is 10.6. The van der Waals surface area contributed by atoms with E-state index in [1.807, 2.05) is 4.90 Å². The molecular weight excluding hydrogens is 440 g/mol. The summed E-state index contributed by atoms with van der Waals surface area (Å²) in [5.41, 5.74) is 0.584. The van der Waals surface area contributed by atoms with Gasteiger partial charge in [0.15, 0.2) is 9.84 Å². The van der Waals surface area contributed by atoms with Gasteiger partial charge in [-0.25, -0.2) is 8.42 Å². The van der Waals surface area contributed by atoms with Crippen LogP contribution in [0.4, 0.5) is 11.4 Å². The molecule has 4 rings (SSSR count). The first kappa shape index (κ1) is 22.5. The molecule has 0 bridgehead atoms. The highest BCUT2D eigenvalue weighted by molar-refractivity contribution is 7.91. The van der Waals surface area contributed by atoms with Crippen LogP contribution in [0.3, 0.4) is 0 Å². The van der Waals surface area contributed by atoms with Crippen LogP contribution >= 0.6 is 0 Å². The molecule has 3 heterocycles. The lowest BCUT2D eigenvalue weighted by Gasteiger charge is -2.36. The van der Waals surface area contributed by atoms with E-state index in [2.05, 4.69) is 0 Å². The van der Waals surface area contributed by atoms with Crippen LogP contribution in [0, 0.1) is 16.0 Å². The molecule has 0 spiro atoms. The predicted molar refractivity (Wildman–Crippen MR) is 115 cm³/mol. The van der Waals surface area contributed by atoms with Gasteiger partial charge in [-0.15, -0.1) is 0 Å². The lowest BCUT2D eigenvalue weighted by molar-refractivity contribution is -0.384. The van der Waals surface area contributed by atoms with Crippen molar-refractivity contribution in [2.24, 2.45) is 5.92 Å². The van der Waals surface area contributed by atoms with Crippen molar-refractivity contribution >= 4 is 33.0 Å². The fourth-order valence-corrected chi connectivity index (χ4v) is 6.17. The Balaban J connectivity index is 1.41. The largest absolute Gasteiger partial charge is 0.378 e. The Morgan fingerprint density at radius 1 is 1.03 bits per heavy atom. The van der Waals surface area contributed by atoms with E-state index in [1.165, 1.54) is 6.07 Å². The van der Waals surface area contributed by atoms with Gasteiger partial charge in [-0.2, -0.15) is 0 Å². The highest BCUT2D eigenvalue weighted by Crippen LogP contribution is 2.30. The summed E-state index contributed by atoms with van der Waals surface area (Å²) in [6, 6.07) is 4.52. The molecule has 0 aliphatic carbocycles. The van der Waals surface area contributed by atoms with Crippen molar-refractivity contribution < 1.29 is 27.7 Å². The van der Waals surface area contributed by atoms with Gasteiger partial charge in [-0.3, -0.25) is 19.7 Å². The van der Waals surface area contributed by atoms with Crippen LogP contribution in [-0.2, 0) is 19.4 Å². The van der Waals surface area contributed by atoms with Gasteiger partial charge in [-0.1, -0.05) is 0 Å². The zero-order valence-electron chi connectivity index (χ0n) is 17.6. The van der Waals surface area contributed by atoms with Crippen LogP contribution in [0.1, 0.15) is 16.8 Å². The van der Waals surface area contributed by atoms with Crippen molar-refractivity contribution in [3.63, 3.8) is 0 Å². The first-order chi connectivity index (χ1) is 15.2. The highest BCUT2D eigenvalue weighted by Gasteiger charge is 2.37. The Morgan fingerprint density at radius 2 is 1.69 bits per heavy atom. The number of carbonyl (C=O) groups excluding carboxylic acids is 2. The second-order valence-corrected chi connectivity index (χ2v) is 10.5. The Morgan fingerprint density at radius 3 is 2.28 bits per heavy atom. The number of nitro benzene ring substituents is 1. The molecule has 0 aromatic heterocycles. The van der Waals surface area contributed by atoms with E-state index >= 15 is 0 Å². The van der Waals surface area contributed by atoms with Gasteiger partial charge < -0.3 is 19.4 Å². The van der Waals surface area contributed by atoms with Crippen molar-refractivity contribution in [2.45, 2.75) is 6.42 Å². The van der Waals surface area contributed by atoms with Crippen LogP contribution in [0.5, 0.6) is 0 Å². The number of nitrogens with zero attached hydrogens (tertiary/aromatic N) is 4. The summed E-state index contributed by atoms with van der Waals surface area (Å²) in [6.45, 7) is 3.30. The van der Waals surface area contributed by atoms with Crippen molar-refractivity contribution in [3.8, 4) is 0 Å². The number of sulfone groups is 1. The maximum Gasteiger partial charge on any atom is 0.293 e. The summed E-state index contributed by atoms with van der Waals surface area (Å²) in [4.78, 5) is 41.8. The molecule has 1 aromatic rings. The van der Waals surface area contributed by atoms with Crippen molar-refractivity contribution in [1.29, 1.82) is 0 Å². The minimum absolute atomic E-state index is 0.0427. The average Bonchev–Trinajstić information content (AvgIpc) is 3.18. The molecule has 0 N–H and O–H groups in total. The smallest absolute Gasteiger partial charge is 0.293 e. The quantitative estimate of drug-likeness (QED) is 0.453. The SMILES string of the molecule is O=C(c1ccc(N2CCOCC2)c([N+](=O)[O-])c1)N1CCN(C(=O)C2CCS(=O)(=O)C2)CC1. The number of hydrogen-bond donors (Lipinski definition) is 0. The third-order valence-corrected chi connectivity index (χ3v) is 8.00. The maximum absolute atomic E-state index is 13.0. The monoisotopic (exact) mass is 466 g/mol. The van der Waals surface area contributed by atoms with E-state index in [4.69, 9.17) is 4.74 Å².